The Labute approximate surface area is 175 Å². The molecule has 0 aliphatic rings. The van der Waals surface area contributed by atoms with Gasteiger partial charge in [-0.15, -0.1) is 11.3 Å². The first-order valence-electron chi connectivity index (χ1n) is 9.65. The van der Waals surface area contributed by atoms with E-state index in [1.807, 2.05) is 30.3 Å². The van der Waals surface area contributed by atoms with E-state index in [0.717, 1.165) is 27.9 Å². The van der Waals surface area contributed by atoms with Crippen molar-refractivity contribution in [2.75, 3.05) is 7.05 Å². The Morgan fingerprint density at radius 1 is 1.21 bits per heavy atom. The van der Waals surface area contributed by atoms with Crippen molar-refractivity contribution in [3.8, 4) is 0 Å². The van der Waals surface area contributed by atoms with Gasteiger partial charge in [0.05, 0.1) is 11.6 Å². The maximum absolute atomic E-state index is 12.9. The molecule has 152 valence electrons. The van der Waals surface area contributed by atoms with Crippen LogP contribution in [0.5, 0.6) is 0 Å². The molecule has 7 heteroatoms. The monoisotopic (exact) mass is 410 g/mol. The molecule has 0 unspecified atom stereocenters. The number of thiazole rings is 1. The lowest BCUT2D eigenvalue weighted by Crippen LogP contribution is -2.28. The molecule has 2 heterocycles. The summed E-state index contributed by atoms with van der Waals surface area (Å²) in [5.74, 6) is 0.164. The molecule has 3 aromatic rings. The zero-order valence-electron chi connectivity index (χ0n) is 17.2. The average Bonchev–Trinajstić information content (AvgIpc) is 3.16. The molecule has 1 N–H and O–H groups in total. The van der Waals surface area contributed by atoms with E-state index in [2.05, 4.69) is 29.1 Å². The van der Waals surface area contributed by atoms with Crippen molar-refractivity contribution in [2.45, 2.75) is 39.8 Å². The highest BCUT2D eigenvalue weighted by atomic mass is 32.1. The largest absolute Gasteiger partial charge is 0.347 e. The highest BCUT2D eigenvalue weighted by Crippen LogP contribution is 2.25. The van der Waals surface area contributed by atoms with Crippen LogP contribution in [-0.2, 0) is 11.3 Å². The smallest absolute Gasteiger partial charge is 0.273 e. The van der Waals surface area contributed by atoms with Gasteiger partial charge in [-0.05, 0) is 30.0 Å². The van der Waals surface area contributed by atoms with Crippen LogP contribution >= 0.6 is 11.3 Å². The Bertz CT molecular complexity index is 1010. The Hall–Kier alpha value is -2.80. The van der Waals surface area contributed by atoms with E-state index in [-0.39, 0.29) is 17.9 Å². The average molecular weight is 411 g/mol. The molecule has 0 fully saturated rings. The molecule has 0 saturated carbocycles. The number of rotatable bonds is 7. The van der Waals surface area contributed by atoms with Gasteiger partial charge in [-0.1, -0.05) is 32.0 Å². The molecule has 2 amide bonds. The number of carbonyl (C=O) groups is 2. The van der Waals surface area contributed by atoms with Gasteiger partial charge >= 0.3 is 0 Å². The molecule has 0 aliphatic carbocycles. The van der Waals surface area contributed by atoms with E-state index in [9.17, 15) is 9.59 Å². The lowest BCUT2D eigenvalue weighted by Gasteiger charge is -2.18. The van der Waals surface area contributed by atoms with Gasteiger partial charge in [0.1, 0.15) is 10.7 Å². The number of nitrogens with zero attached hydrogens (tertiary/aromatic N) is 3. The number of fused-ring (bicyclic) bond motifs is 1. The van der Waals surface area contributed by atoms with Crippen LogP contribution < -0.4 is 5.32 Å². The number of carbonyl (C=O) groups excluding carboxylic acids is 2. The van der Waals surface area contributed by atoms with Crippen molar-refractivity contribution < 1.29 is 9.59 Å². The Kier molecular flexibility index (Phi) is 6.59. The molecule has 0 bridgehead atoms. The minimum atomic E-state index is -0.173. The van der Waals surface area contributed by atoms with Crippen molar-refractivity contribution in [3.63, 3.8) is 0 Å². The first-order valence-corrected chi connectivity index (χ1v) is 10.5. The van der Waals surface area contributed by atoms with Gasteiger partial charge in [0.25, 0.3) is 5.91 Å². The van der Waals surface area contributed by atoms with E-state index in [4.69, 9.17) is 0 Å². The zero-order chi connectivity index (χ0) is 21.0. The second-order valence-electron chi connectivity index (χ2n) is 7.60. The van der Waals surface area contributed by atoms with Crippen molar-refractivity contribution in [1.82, 2.24) is 20.2 Å². The van der Waals surface area contributed by atoms with E-state index in [1.54, 1.807) is 23.5 Å². The predicted molar refractivity (Wildman–Crippen MR) is 116 cm³/mol. The lowest BCUT2D eigenvalue weighted by atomic mass is 10.0. The van der Waals surface area contributed by atoms with E-state index >= 15 is 0 Å². The molecule has 0 spiro atoms. The second kappa shape index (κ2) is 9.13. The van der Waals surface area contributed by atoms with Gasteiger partial charge in [0, 0.05) is 37.5 Å². The maximum Gasteiger partial charge on any atom is 0.273 e. The van der Waals surface area contributed by atoms with Crippen molar-refractivity contribution in [1.29, 1.82) is 0 Å². The summed E-state index contributed by atoms with van der Waals surface area (Å²) >= 11 is 1.41. The number of hydrogen-bond acceptors (Lipinski definition) is 5. The quantitative estimate of drug-likeness (QED) is 0.634. The molecule has 6 nitrogen and oxygen atoms in total. The van der Waals surface area contributed by atoms with Crippen LogP contribution in [0.15, 0.2) is 41.9 Å². The minimum absolute atomic E-state index is 0.0968. The van der Waals surface area contributed by atoms with Crippen LogP contribution in [0.1, 0.15) is 54.3 Å². The third-order valence-corrected chi connectivity index (χ3v) is 5.58. The Balaban J connectivity index is 1.77. The van der Waals surface area contributed by atoms with Crippen molar-refractivity contribution in [2.24, 2.45) is 5.92 Å². The molecular weight excluding hydrogens is 384 g/mol. The molecule has 29 heavy (non-hydrogen) atoms. The predicted octanol–water partition coefficient (Wildman–Crippen LogP) is 4.19. The lowest BCUT2D eigenvalue weighted by molar-refractivity contribution is -0.119. The number of nitrogens with one attached hydrogen (secondary N) is 1. The van der Waals surface area contributed by atoms with Gasteiger partial charge in [-0.3, -0.25) is 14.6 Å². The molecule has 0 aliphatic heterocycles. The van der Waals surface area contributed by atoms with Gasteiger partial charge < -0.3 is 10.2 Å². The Morgan fingerprint density at radius 3 is 2.69 bits per heavy atom. The van der Waals surface area contributed by atoms with Gasteiger partial charge in [0.2, 0.25) is 5.91 Å². The summed E-state index contributed by atoms with van der Waals surface area (Å²) in [5.41, 5.74) is 2.36. The molecule has 1 atom stereocenters. The highest BCUT2D eigenvalue weighted by molar-refractivity contribution is 7.09. The molecule has 0 saturated heterocycles. The van der Waals surface area contributed by atoms with Gasteiger partial charge in [-0.2, -0.15) is 0 Å². The first kappa shape index (κ1) is 20.9. The summed E-state index contributed by atoms with van der Waals surface area (Å²) < 4.78 is 0. The number of aromatic nitrogens is 2. The number of hydrogen-bond donors (Lipinski definition) is 1. The summed E-state index contributed by atoms with van der Waals surface area (Å²) in [6, 6.07) is 9.67. The first-order chi connectivity index (χ1) is 13.8. The fourth-order valence-corrected chi connectivity index (χ4v) is 4.16. The molecule has 3 rings (SSSR count). The summed E-state index contributed by atoms with van der Waals surface area (Å²) in [6.07, 6.45) is 2.54. The van der Waals surface area contributed by atoms with Crippen molar-refractivity contribution in [3.05, 3.63) is 58.2 Å². The Morgan fingerprint density at radius 2 is 1.97 bits per heavy atom. The van der Waals surface area contributed by atoms with E-state index < -0.39 is 0 Å². The van der Waals surface area contributed by atoms with Gasteiger partial charge in [0.15, 0.2) is 0 Å². The number of pyridine rings is 1. The molecule has 0 radical (unpaired) electrons. The summed E-state index contributed by atoms with van der Waals surface area (Å²) in [4.78, 5) is 35.1. The fourth-order valence-electron chi connectivity index (χ4n) is 3.30. The van der Waals surface area contributed by atoms with Crippen LogP contribution in [0.3, 0.4) is 0 Å². The van der Waals surface area contributed by atoms with Crippen LogP contribution in [0.25, 0.3) is 10.9 Å². The normalized spacial score (nSPS) is 12.2. The van der Waals surface area contributed by atoms with Crippen LogP contribution in [0, 0.1) is 5.92 Å². The van der Waals surface area contributed by atoms with E-state index in [1.165, 1.54) is 18.3 Å². The second-order valence-corrected chi connectivity index (χ2v) is 8.49. The summed E-state index contributed by atoms with van der Waals surface area (Å²) in [5, 5.41) is 6.52. The maximum atomic E-state index is 12.9. The SMILES string of the molecule is CC(=O)N[C@@H](CC(C)C)c1nc(C(=O)N(C)Cc2ccnc3ccccc23)cs1. The van der Waals surface area contributed by atoms with Crippen LogP contribution in [0.4, 0.5) is 0 Å². The van der Waals surface area contributed by atoms with Gasteiger partial charge in [-0.25, -0.2) is 4.98 Å². The number of benzene rings is 1. The topological polar surface area (TPSA) is 75.2 Å². The van der Waals surface area contributed by atoms with Crippen LogP contribution in [-0.4, -0.2) is 33.7 Å². The standard InChI is InChI=1S/C22H26N4O2S/c1-14(2)11-19(24-15(3)27)21-25-20(13-29-21)22(28)26(4)12-16-9-10-23-18-8-6-5-7-17(16)18/h5-10,13-14,19H,11-12H2,1-4H3,(H,24,27)/t19-/m0/s1. The number of amides is 2. The number of para-hydroxylation sites is 1. The summed E-state index contributed by atoms with van der Waals surface area (Å²) in [7, 11) is 1.77. The summed E-state index contributed by atoms with van der Waals surface area (Å²) in [6.45, 7) is 6.16. The minimum Gasteiger partial charge on any atom is -0.347 e. The molecular formula is C22H26N4O2S. The third kappa shape index (κ3) is 5.17. The fraction of sp³-hybridized carbons (Fsp3) is 0.364. The zero-order valence-corrected chi connectivity index (χ0v) is 18.0. The molecule has 2 aromatic heterocycles. The molecule has 1 aromatic carbocycles. The third-order valence-electron chi connectivity index (χ3n) is 4.62. The van der Waals surface area contributed by atoms with Crippen LogP contribution in [0.2, 0.25) is 0 Å². The highest BCUT2D eigenvalue weighted by Gasteiger charge is 2.22. The van der Waals surface area contributed by atoms with Crippen molar-refractivity contribution >= 4 is 34.1 Å². The van der Waals surface area contributed by atoms with E-state index in [0.29, 0.717) is 18.2 Å².